The Bertz CT molecular complexity index is 1210. The Morgan fingerprint density at radius 1 is 1.14 bits per heavy atom. The van der Waals surface area contributed by atoms with Gasteiger partial charge < -0.3 is 9.88 Å². The van der Waals surface area contributed by atoms with Crippen molar-refractivity contribution in [1.82, 2.24) is 18.7 Å². The summed E-state index contributed by atoms with van der Waals surface area (Å²) in [5, 5.41) is 13.7. The molecule has 1 N–H and O–H groups in total. The van der Waals surface area contributed by atoms with Gasteiger partial charge in [-0.25, -0.2) is 9.78 Å². The molecule has 0 saturated heterocycles. The normalized spacial score (nSPS) is 11.0. The average Bonchev–Trinajstić information content (AvgIpc) is 3.00. The van der Waals surface area contributed by atoms with Crippen LogP contribution in [0.3, 0.4) is 0 Å². The number of thioether (sulfide) groups is 1. The lowest BCUT2D eigenvalue weighted by molar-refractivity contribution is -0.384. The maximum atomic E-state index is 12.3. The van der Waals surface area contributed by atoms with E-state index in [2.05, 4.69) is 10.3 Å². The van der Waals surface area contributed by atoms with Crippen LogP contribution in [0.25, 0.3) is 11.2 Å². The minimum atomic E-state index is -0.523. The summed E-state index contributed by atoms with van der Waals surface area (Å²) in [6.45, 7) is 0. The summed E-state index contributed by atoms with van der Waals surface area (Å²) in [6, 6.07) is 5.47. The summed E-state index contributed by atoms with van der Waals surface area (Å²) in [7, 11) is 4.55. The first-order valence-electron chi connectivity index (χ1n) is 8.00. The summed E-state index contributed by atoms with van der Waals surface area (Å²) < 4.78 is 3.82. The predicted molar refractivity (Wildman–Crippen MR) is 104 cm³/mol. The van der Waals surface area contributed by atoms with Crippen molar-refractivity contribution >= 4 is 40.2 Å². The minimum absolute atomic E-state index is 0.00239. The lowest BCUT2D eigenvalue weighted by Gasteiger charge is -2.05. The molecule has 0 aliphatic heterocycles. The van der Waals surface area contributed by atoms with Gasteiger partial charge in [0, 0.05) is 39.0 Å². The number of nitrogens with zero attached hydrogens (tertiary/aromatic N) is 5. The minimum Gasteiger partial charge on any atom is -0.325 e. The number of aryl methyl sites for hydroxylation is 2. The second kappa shape index (κ2) is 7.31. The fourth-order valence-corrected chi connectivity index (χ4v) is 3.39. The predicted octanol–water partition coefficient (Wildman–Crippen LogP) is 0.610. The zero-order valence-corrected chi connectivity index (χ0v) is 16.0. The standard InChI is InChI=1S/C16H16N6O5S/c1-19-12-13(20(2)16(25)21(3)14(12)24)18-15(19)28-8-11(23)17-9-4-6-10(7-5-9)22(26)27/h4-7H,8H2,1-3H3,(H,17,23). The smallest absolute Gasteiger partial charge is 0.325 e. The molecule has 11 nitrogen and oxygen atoms in total. The molecule has 146 valence electrons. The zero-order chi connectivity index (χ0) is 20.6. The van der Waals surface area contributed by atoms with Gasteiger partial charge in [0.25, 0.3) is 11.2 Å². The van der Waals surface area contributed by atoms with Crippen LogP contribution in [0.15, 0.2) is 39.0 Å². The van der Waals surface area contributed by atoms with Crippen molar-refractivity contribution in [3.8, 4) is 0 Å². The number of rotatable bonds is 5. The number of nitrogens with one attached hydrogen (secondary N) is 1. The Labute approximate surface area is 161 Å². The van der Waals surface area contributed by atoms with Crippen molar-refractivity contribution in [2.45, 2.75) is 5.16 Å². The van der Waals surface area contributed by atoms with Gasteiger partial charge in [0.1, 0.15) is 0 Å². The molecule has 0 unspecified atom stereocenters. The van der Waals surface area contributed by atoms with Crippen LogP contribution in [0.5, 0.6) is 0 Å². The summed E-state index contributed by atoms with van der Waals surface area (Å²) >= 11 is 1.11. The van der Waals surface area contributed by atoms with Gasteiger partial charge in [-0.2, -0.15) is 0 Å². The summed E-state index contributed by atoms with van der Waals surface area (Å²) in [5.41, 5.74) is -0.0770. The number of non-ortho nitro benzene ring substituents is 1. The SMILES string of the molecule is Cn1c(=O)c2c(nc(SCC(=O)Nc3ccc([N+](=O)[O-])cc3)n2C)n(C)c1=O. The van der Waals surface area contributed by atoms with Gasteiger partial charge in [-0.05, 0) is 12.1 Å². The van der Waals surface area contributed by atoms with Crippen molar-refractivity contribution in [2.75, 3.05) is 11.1 Å². The Kier molecular flexibility index (Phi) is 5.05. The molecule has 0 saturated carbocycles. The van der Waals surface area contributed by atoms with E-state index in [4.69, 9.17) is 0 Å². The largest absolute Gasteiger partial charge is 0.332 e. The highest BCUT2D eigenvalue weighted by molar-refractivity contribution is 7.99. The van der Waals surface area contributed by atoms with E-state index >= 15 is 0 Å². The Hall–Kier alpha value is -3.41. The van der Waals surface area contributed by atoms with E-state index < -0.39 is 16.2 Å². The molecule has 0 radical (unpaired) electrons. The number of amides is 1. The van der Waals surface area contributed by atoms with E-state index in [-0.39, 0.29) is 28.5 Å². The lowest BCUT2D eigenvalue weighted by atomic mass is 10.3. The number of nitro benzene ring substituents is 1. The van der Waals surface area contributed by atoms with E-state index in [0.29, 0.717) is 10.8 Å². The fraction of sp³-hybridized carbons (Fsp3) is 0.250. The molecule has 2 aromatic heterocycles. The van der Waals surface area contributed by atoms with Gasteiger partial charge in [0.05, 0.1) is 10.7 Å². The molecule has 0 aliphatic rings. The van der Waals surface area contributed by atoms with Gasteiger partial charge in [-0.15, -0.1) is 0 Å². The summed E-state index contributed by atoms with van der Waals surface area (Å²) in [4.78, 5) is 50.9. The number of aromatic nitrogens is 4. The number of carbonyl (C=O) groups excluding carboxylic acids is 1. The Balaban J connectivity index is 1.77. The number of hydrogen-bond acceptors (Lipinski definition) is 7. The van der Waals surface area contributed by atoms with Gasteiger partial charge in [-0.1, -0.05) is 11.8 Å². The van der Waals surface area contributed by atoms with Crippen LogP contribution < -0.4 is 16.6 Å². The van der Waals surface area contributed by atoms with Crippen molar-refractivity contribution in [3.05, 3.63) is 55.2 Å². The van der Waals surface area contributed by atoms with Crippen molar-refractivity contribution in [3.63, 3.8) is 0 Å². The third-order valence-corrected chi connectivity index (χ3v) is 5.16. The lowest BCUT2D eigenvalue weighted by Crippen LogP contribution is -2.37. The van der Waals surface area contributed by atoms with Gasteiger partial charge in [0.15, 0.2) is 16.3 Å². The highest BCUT2D eigenvalue weighted by Gasteiger charge is 2.18. The van der Waals surface area contributed by atoms with Gasteiger partial charge in [0.2, 0.25) is 5.91 Å². The van der Waals surface area contributed by atoms with E-state index in [0.717, 1.165) is 16.3 Å². The molecule has 0 fully saturated rings. The third kappa shape index (κ3) is 3.41. The molecular formula is C16H16N6O5S. The number of hydrogen-bond donors (Lipinski definition) is 1. The molecule has 0 atom stereocenters. The molecule has 28 heavy (non-hydrogen) atoms. The van der Waals surface area contributed by atoms with Gasteiger partial charge in [-0.3, -0.25) is 28.8 Å². The molecule has 2 heterocycles. The van der Waals surface area contributed by atoms with Crippen LogP contribution in [0.2, 0.25) is 0 Å². The van der Waals surface area contributed by atoms with E-state index in [9.17, 15) is 24.5 Å². The van der Waals surface area contributed by atoms with Crippen LogP contribution in [0.4, 0.5) is 11.4 Å². The van der Waals surface area contributed by atoms with Crippen LogP contribution in [-0.4, -0.2) is 35.3 Å². The highest BCUT2D eigenvalue weighted by Crippen LogP contribution is 2.21. The quantitative estimate of drug-likeness (QED) is 0.374. The van der Waals surface area contributed by atoms with Crippen molar-refractivity contribution in [1.29, 1.82) is 0 Å². The molecule has 1 amide bonds. The Morgan fingerprint density at radius 2 is 1.79 bits per heavy atom. The van der Waals surface area contributed by atoms with E-state index in [1.165, 1.54) is 42.9 Å². The van der Waals surface area contributed by atoms with Crippen LogP contribution in [-0.2, 0) is 25.9 Å². The maximum absolute atomic E-state index is 12.3. The number of benzene rings is 1. The molecule has 12 heteroatoms. The topological polar surface area (TPSA) is 134 Å². The van der Waals surface area contributed by atoms with E-state index in [1.54, 1.807) is 11.6 Å². The second-order valence-electron chi connectivity index (χ2n) is 5.97. The fourth-order valence-electron chi connectivity index (χ4n) is 2.62. The average molecular weight is 404 g/mol. The number of fused-ring (bicyclic) bond motifs is 1. The van der Waals surface area contributed by atoms with Crippen LogP contribution >= 0.6 is 11.8 Å². The van der Waals surface area contributed by atoms with Gasteiger partial charge >= 0.3 is 5.69 Å². The van der Waals surface area contributed by atoms with Crippen molar-refractivity contribution < 1.29 is 9.72 Å². The first-order chi connectivity index (χ1) is 13.2. The zero-order valence-electron chi connectivity index (χ0n) is 15.2. The molecule has 0 bridgehead atoms. The number of anilines is 1. The maximum Gasteiger partial charge on any atom is 0.332 e. The molecule has 3 rings (SSSR count). The Morgan fingerprint density at radius 3 is 2.39 bits per heavy atom. The molecule has 3 aromatic rings. The van der Waals surface area contributed by atoms with E-state index in [1.807, 2.05) is 0 Å². The molecular weight excluding hydrogens is 388 g/mol. The number of imidazole rings is 1. The highest BCUT2D eigenvalue weighted by atomic mass is 32.2. The van der Waals surface area contributed by atoms with Crippen LogP contribution in [0, 0.1) is 10.1 Å². The van der Waals surface area contributed by atoms with Crippen molar-refractivity contribution in [2.24, 2.45) is 21.1 Å². The summed E-state index contributed by atoms with van der Waals surface area (Å²) in [5.74, 6) is -0.338. The second-order valence-corrected chi connectivity index (χ2v) is 6.91. The van der Waals surface area contributed by atoms with Crippen LogP contribution in [0.1, 0.15) is 0 Å². The monoisotopic (exact) mass is 404 g/mol. The molecule has 0 aliphatic carbocycles. The molecule has 1 aromatic carbocycles. The first-order valence-corrected chi connectivity index (χ1v) is 8.98. The number of nitro groups is 1. The number of carbonyl (C=O) groups is 1. The summed E-state index contributed by atoms with van der Waals surface area (Å²) in [6.07, 6.45) is 0. The third-order valence-electron chi connectivity index (χ3n) is 4.13. The molecule has 0 spiro atoms. The first kappa shape index (κ1) is 19.4.